The van der Waals surface area contributed by atoms with Gasteiger partial charge in [-0.15, -0.1) is 11.3 Å². The number of benzene rings is 1. The second-order valence-corrected chi connectivity index (χ2v) is 8.59. The molecule has 0 bridgehead atoms. The van der Waals surface area contributed by atoms with Gasteiger partial charge in [0.15, 0.2) is 5.01 Å². The molecule has 27 heavy (non-hydrogen) atoms. The number of alkyl carbamates (subject to hydrolysis) is 1. The monoisotopic (exact) mass is 389 g/mol. The number of hydrogen-bond donors (Lipinski definition) is 2. The Morgan fingerprint density at radius 2 is 2.11 bits per heavy atom. The van der Waals surface area contributed by atoms with E-state index >= 15 is 0 Å². The Kier molecular flexibility index (Phi) is 5.46. The van der Waals surface area contributed by atoms with Crippen molar-refractivity contribution in [1.29, 1.82) is 0 Å². The Bertz CT molecular complexity index is 838. The van der Waals surface area contributed by atoms with E-state index < -0.39 is 17.7 Å². The number of carbonyl (C=O) groups excluding carboxylic acids is 3. The number of carbonyl (C=O) groups is 3. The lowest BCUT2D eigenvalue weighted by Gasteiger charge is -2.23. The first-order chi connectivity index (χ1) is 12.7. The van der Waals surface area contributed by atoms with Crippen LogP contribution in [-0.2, 0) is 9.53 Å². The zero-order chi connectivity index (χ0) is 19.6. The number of nitrogens with zero attached hydrogens (tertiary/aromatic N) is 1. The van der Waals surface area contributed by atoms with E-state index in [0.29, 0.717) is 18.0 Å². The summed E-state index contributed by atoms with van der Waals surface area (Å²) in [6.45, 7) is 5.84. The van der Waals surface area contributed by atoms with E-state index in [1.165, 1.54) is 11.3 Å². The molecule has 0 aliphatic carbocycles. The van der Waals surface area contributed by atoms with Gasteiger partial charge < -0.3 is 15.4 Å². The number of hydrogen-bond acceptors (Lipinski definition) is 6. The summed E-state index contributed by atoms with van der Waals surface area (Å²) < 4.78 is 6.18. The average Bonchev–Trinajstić information content (AvgIpc) is 3.18. The van der Waals surface area contributed by atoms with Gasteiger partial charge in [-0.05, 0) is 45.7 Å². The van der Waals surface area contributed by atoms with Crippen LogP contribution < -0.4 is 10.6 Å². The summed E-state index contributed by atoms with van der Waals surface area (Å²) in [5.41, 5.74) is 0.0543. The van der Waals surface area contributed by atoms with Gasteiger partial charge in [-0.25, -0.2) is 9.78 Å². The van der Waals surface area contributed by atoms with Gasteiger partial charge in [0.05, 0.1) is 16.3 Å². The van der Waals surface area contributed by atoms with Crippen molar-refractivity contribution in [3.05, 3.63) is 29.3 Å². The van der Waals surface area contributed by atoms with Crippen molar-refractivity contribution in [2.75, 3.05) is 6.54 Å². The van der Waals surface area contributed by atoms with Crippen LogP contribution >= 0.6 is 11.3 Å². The third-order valence-corrected chi connectivity index (χ3v) is 5.25. The number of ether oxygens (including phenoxy) is 1. The van der Waals surface area contributed by atoms with Crippen LogP contribution in [0.3, 0.4) is 0 Å². The van der Waals surface area contributed by atoms with Crippen molar-refractivity contribution in [2.45, 2.75) is 45.3 Å². The van der Waals surface area contributed by atoms with Gasteiger partial charge >= 0.3 is 6.09 Å². The van der Waals surface area contributed by atoms with E-state index in [9.17, 15) is 14.4 Å². The molecule has 1 aliphatic rings. The minimum Gasteiger partial charge on any atom is -0.444 e. The highest BCUT2D eigenvalue weighted by Gasteiger charge is 2.34. The minimum absolute atomic E-state index is 0.0944. The van der Waals surface area contributed by atoms with E-state index in [0.717, 1.165) is 10.2 Å². The molecule has 2 N–H and O–H groups in total. The number of Topliss-reactive ketones (excluding diaryl/α,β-unsaturated/α-hetero) is 1. The molecule has 1 aromatic carbocycles. The van der Waals surface area contributed by atoms with Crippen molar-refractivity contribution in [2.24, 2.45) is 5.92 Å². The Morgan fingerprint density at radius 3 is 2.74 bits per heavy atom. The third kappa shape index (κ3) is 4.82. The van der Waals surface area contributed by atoms with Gasteiger partial charge in [-0.2, -0.15) is 0 Å². The van der Waals surface area contributed by atoms with Crippen molar-refractivity contribution >= 4 is 39.3 Å². The van der Waals surface area contributed by atoms with Crippen LogP contribution in [0.1, 0.15) is 43.4 Å². The molecule has 1 unspecified atom stereocenters. The van der Waals surface area contributed by atoms with E-state index in [1.807, 2.05) is 24.3 Å². The lowest BCUT2D eigenvalue weighted by Crippen LogP contribution is -2.45. The van der Waals surface area contributed by atoms with Gasteiger partial charge in [-0.3, -0.25) is 9.59 Å². The van der Waals surface area contributed by atoms with Crippen molar-refractivity contribution in [3.8, 4) is 0 Å². The number of thiazole rings is 1. The molecule has 2 heterocycles. The molecule has 1 fully saturated rings. The maximum atomic E-state index is 13.1. The predicted molar refractivity (Wildman–Crippen MR) is 103 cm³/mol. The van der Waals surface area contributed by atoms with Crippen molar-refractivity contribution in [3.63, 3.8) is 0 Å². The van der Waals surface area contributed by atoms with Crippen molar-refractivity contribution < 1.29 is 19.1 Å². The smallest absolute Gasteiger partial charge is 0.408 e. The van der Waals surface area contributed by atoms with E-state index in [1.54, 1.807) is 20.8 Å². The van der Waals surface area contributed by atoms with E-state index in [-0.39, 0.29) is 24.0 Å². The molecule has 0 radical (unpaired) electrons. The zero-order valence-electron chi connectivity index (χ0n) is 15.6. The Morgan fingerprint density at radius 1 is 1.37 bits per heavy atom. The second-order valence-electron chi connectivity index (χ2n) is 7.56. The lowest BCUT2D eigenvalue weighted by atomic mass is 9.96. The van der Waals surface area contributed by atoms with E-state index in [2.05, 4.69) is 15.6 Å². The normalized spacial score (nSPS) is 18.2. The summed E-state index contributed by atoms with van der Waals surface area (Å²) in [4.78, 5) is 41.6. The molecule has 2 amide bonds. The minimum atomic E-state index is -0.866. The number of rotatable bonds is 5. The summed E-state index contributed by atoms with van der Waals surface area (Å²) >= 11 is 1.28. The number of amides is 2. The maximum absolute atomic E-state index is 13.1. The van der Waals surface area contributed by atoms with Gasteiger partial charge in [0.25, 0.3) is 0 Å². The number of para-hydroxylation sites is 1. The highest BCUT2D eigenvalue weighted by molar-refractivity contribution is 7.20. The summed E-state index contributed by atoms with van der Waals surface area (Å²) in [7, 11) is 0. The quantitative estimate of drug-likeness (QED) is 0.767. The molecule has 1 saturated heterocycles. The van der Waals surface area contributed by atoms with Crippen LogP contribution in [0.2, 0.25) is 0 Å². The van der Waals surface area contributed by atoms with Gasteiger partial charge in [0.2, 0.25) is 11.7 Å². The molecule has 0 saturated carbocycles. The first-order valence-corrected chi connectivity index (χ1v) is 9.71. The number of ketones is 1. The first kappa shape index (κ1) is 19.3. The fourth-order valence-electron chi connectivity index (χ4n) is 2.96. The largest absolute Gasteiger partial charge is 0.444 e. The molecule has 0 spiro atoms. The molecule has 3 rings (SSSR count). The van der Waals surface area contributed by atoms with Gasteiger partial charge in [-0.1, -0.05) is 12.1 Å². The Balaban J connectivity index is 1.81. The highest BCUT2D eigenvalue weighted by atomic mass is 32.1. The molecule has 144 valence electrons. The van der Waals surface area contributed by atoms with Gasteiger partial charge in [0, 0.05) is 12.5 Å². The van der Waals surface area contributed by atoms with Crippen LogP contribution in [-0.4, -0.2) is 41.0 Å². The van der Waals surface area contributed by atoms with Crippen LogP contribution in [0.4, 0.5) is 4.79 Å². The van der Waals surface area contributed by atoms with Crippen molar-refractivity contribution in [1.82, 2.24) is 15.6 Å². The predicted octanol–water partition coefficient (Wildman–Crippen LogP) is 2.90. The standard InChI is InChI=1S/C19H23N3O4S/c1-19(2,3)26-18(25)22-13(10-11-8-9-20-16(11)24)15(23)17-21-12-6-4-5-7-14(12)27-17/h4-7,11,13H,8-10H2,1-3H3,(H,20,24)(H,22,25)/t11-,13?/m0/s1. The fourth-order valence-corrected chi connectivity index (χ4v) is 3.92. The molecule has 8 heteroatoms. The molecular formula is C19H23N3O4S. The highest BCUT2D eigenvalue weighted by Crippen LogP contribution is 2.25. The van der Waals surface area contributed by atoms with Crippen LogP contribution in [0.25, 0.3) is 10.2 Å². The molecule has 2 atom stereocenters. The molecular weight excluding hydrogens is 366 g/mol. The summed E-state index contributed by atoms with van der Waals surface area (Å²) in [5.74, 6) is -0.715. The topological polar surface area (TPSA) is 97.4 Å². The fraction of sp³-hybridized carbons (Fsp3) is 0.474. The molecule has 1 aromatic heterocycles. The van der Waals surface area contributed by atoms with E-state index in [4.69, 9.17) is 4.74 Å². The van der Waals surface area contributed by atoms with Gasteiger partial charge in [0.1, 0.15) is 5.60 Å². The summed E-state index contributed by atoms with van der Waals surface area (Å²) in [5, 5.41) is 5.71. The van der Waals surface area contributed by atoms with Crippen LogP contribution in [0, 0.1) is 5.92 Å². The lowest BCUT2D eigenvalue weighted by molar-refractivity contribution is -0.122. The SMILES string of the molecule is CC(C)(C)OC(=O)NC(C[C@@H]1CCNC1=O)C(=O)c1nc2ccccc2s1. The third-order valence-electron chi connectivity index (χ3n) is 4.20. The zero-order valence-corrected chi connectivity index (χ0v) is 16.4. The Labute approximate surface area is 161 Å². The Hall–Kier alpha value is -2.48. The number of nitrogens with one attached hydrogen (secondary N) is 2. The molecule has 1 aliphatic heterocycles. The molecule has 7 nitrogen and oxygen atoms in total. The summed E-state index contributed by atoms with van der Waals surface area (Å²) in [6, 6.07) is 6.60. The van der Waals surface area contributed by atoms with Crippen LogP contribution in [0.5, 0.6) is 0 Å². The molecule has 2 aromatic rings. The number of aromatic nitrogens is 1. The maximum Gasteiger partial charge on any atom is 0.408 e. The second kappa shape index (κ2) is 7.64. The average molecular weight is 389 g/mol. The summed E-state index contributed by atoms with van der Waals surface area (Å²) in [6.07, 6.45) is 0.179. The number of fused-ring (bicyclic) bond motifs is 1. The first-order valence-electron chi connectivity index (χ1n) is 8.90. The van der Waals surface area contributed by atoms with Crippen LogP contribution in [0.15, 0.2) is 24.3 Å².